The van der Waals surface area contributed by atoms with E-state index in [2.05, 4.69) is 65.2 Å². The first-order valence-corrected chi connectivity index (χ1v) is 41.5. The minimum Gasteiger partial charge on any atom is -0.450 e. The molecule has 6 saturated carbocycles. The molecule has 0 radical (unpaired) electrons. The number of amides is 4. The zero-order valence-electron chi connectivity index (χ0n) is 61.4. The second kappa shape index (κ2) is 34.4. The SMILES string of the molecule is CCOC(=O)N[C@@H]1CC[C@@H]2[C@@H](C1)C[C@@H]1C(=O)NC[C@@H]1[C@H]2/C=C/c1ccc(-c2cccc(F)c2)cn1.CCOC(=O)N[C@@H]1CC[C@@H]2[C@@H](C1)C[C@@H]1[C@@H](CS(=O)(=O)N1C)[C@H]2/C=C/c1ccc(-c2cccc(F)c2)cn1.CCOC(=O)N[C@@H]1CC[C@@H]2[C@@H](C1)C[C@H]1[C@H](CNS1(=O)=O)[C@H]2/C=C/c1ccc(-c2cccc(F)c2)cn1. The highest BCUT2D eigenvalue weighted by atomic mass is 32.2. The molecule has 6 aromatic rings. The van der Waals surface area contributed by atoms with Gasteiger partial charge in [0.1, 0.15) is 17.5 Å². The molecule has 0 unspecified atom stereocenters. The van der Waals surface area contributed by atoms with Crippen LogP contribution in [0.5, 0.6) is 0 Å². The summed E-state index contributed by atoms with van der Waals surface area (Å²) < 4.78 is 111. The lowest BCUT2D eigenvalue weighted by Gasteiger charge is -2.48. The number of hydrogen-bond acceptors (Lipinski definition) is 14. The molecule has 0 spiro atoms. The Hall–Kier alpha value is -8.78. The van der Waals surface area contributed by atoms with Crippen molar-refractivity contribution in [3.05, 3.63) is 181 Å². The number of pyridine rings is 3. The Labute approximate surface area is 631 Å². The highest BCUT2D eigenvalue weighted by Crippen LogP contribution is 2.54. The first-order chi connectivity index (χ1) is 52.1. The van der Waals surface area contributed by atoms with Gasteiger partial charge in [0.25, 0.3) is 0 Å². The van der Waals surface area contributed by atoms with Gasteiger partial charge < -0.3 is 35.5 Å². The molecule has 6 heterocycles. The molecule has 3 aromatic heterocycles. The van der Waals surface area contributed by atoms with E-state index in [4.69, 9.17) is 14.2 Å². The van der Waals surface area contributed by atoms with Gasteiger partial charge in [-0.1, -0.05) is 72.8 Å². The van der Waals surface area contributed by atoms with E-state index in [9.17, 15) is 49.2 Å². The Morgan fingerprint density at radius 3 is 1.29 bits per heavy atom. The van der Waals surface area contributed by atoms with Crippen LogP contribution in [0.3, 0.4) is 0 Å². The second-order valence-corrected chi connectivity index (χ2v) is 34.6. The Morgan fingerprint density at radius 1 is 0.491 bits per heavy atom. The predicted octanol–water partition coefficient (Wildman–Crippen LogP) is 13.9. The van der Waals surface area contributed by atoms with Gasteiger partial charge in [0.2, 0.25) is 26.0 Å². The van der Waals surface area contributed by atoms with Crippen LogP contribution in [0.1, 0.15) is 115 Å². The molecule has 0 bridgehead atoms. The van der Waals surface area contributed by atoms with Crippen LogP contribution in [0.2, 0.25) is 0 Å². The van der Waals surface area contributed by atoms with Crippen LogP contribution in [-0.2, 0) is 39.1 Å². The standard InChI is InChI=1S/C28H34FN3O4S.C28H32FN3O3.C27H32FN3O4S/c1-3-36-28(33)31-23-10-11-24-20(14-23)15-27-26(17-37(34,35)32(27)2)25(24)12-9-22-8-7-19(16-30-22)18-5-4-6-21(29)13-18;1-2-35-28(34)32-22-9-10-23-19(13-22)14-25-26(16-31-27(25)33)24(23)11-8-21-7-6-18(15-30-21)17-4-3-5-20(29)12-17;1-2-35-27(32)31-22-9-10-23-19(13-22)14-26-25(16-30-36(26,33)34)24(23)11-8-21-7-6-18(15-29-21)17-4-3-5-20(28)12-17/h4-9,12-13,16,20,23-27H,3,10-11,14-15,17H2,1-2H3,(H,31,33);3-8,11-12,15,19,22-26H,2,9-10,13-14,16H2,1H3,(H,31,33)(H,32,34);3-8,11-12,15,19,22-26,30H,2,9-10,13-14,16H2,1H3,(H,31,32)/b12-9+;2*11-8+/t20-,23+,24+,25-,26-,27+;19-,22+,23+,24-,25-,26+;19-,22+,23+,24-,25+,26-/m000/s1. The maximum absolute atomic E-state index is 13.6. The second-order valence-electron chi connectivity index (χ2n) is 30.5. The number of nitrogens with zero attached hydrogens (tertiary/aromatic N) is 4. The summed E-state index contributed by atoms with van der Waals surface area (Å²) in [7, 11) is -4.93. The van der Waals surface area contributed by atoms with Crippen molar-refractivity contribution in [3.63, 3.8) is 0 Å². The molecule has 15 rings (SSSR count). The average Bonchev–Trinajstić information content (AvgIpc) is 1.60. The van der Waals surface area contributed by atoms with Crippen molar-refractivity contribution >= 4 is 62.5 Å². The van der Waals surface area contributed by atoms with Gasteiger partial charge in [-0.2, -0.15) is 0 Å². The Bertz CT molecular complexity index is 4500. The van der Waals surface area contributed by atoms with Crippen LogP contribution >= 0.6 is 0 Å². The van der Waals surface area contributed by atoms with Gasteiger partial charge in [0, 0.05) is 85.5 Å². The third-order valence-corrected chi connectivity index (χ3v) is 28.2. The molecule has 574 valence electrons. The van der Waals surface area contributed by atoms with Crippen molar-refractivity contribution in [2.75, 3.05) is 45.7 Å². The molecule has 18 atom stereocenters. The monoisotopic (exact) mass is 1520 g/mol. The van der Waals surface area contributed by atoms with E-state index in [1.165, 1.54) is 36.4 Å². The molecule has 4 amide bonds. The summed E-state index contributed by atoms with van der Waals surface area (Å²) in [6.45, 7) is 7.56. The lowest BCUT2D eigenvalue weighted by molar-refractivity contribution is -0.125. The van der Waals surface area contributed by atoms with Gasteiger partial charge in [-0.3, -0.25) is 19.7 Å². The number of allylic oxidation sites excluding steroid dienone is 3. The van der Waals surface area contributed by atoms with E-state index in [1.54, 1.807) is 68.9 Å². The van der Waals surface area contributed by atoms with Crippen LogP contribution in [0, 0.1) is 94.4 Å². The largest absolute Gasteiger partial charge is 0.450 e. The quantitative estimate of drug-likeness (QED) is 0.0599. The van der Waals surface area contributed by atoms with Crippen molar-refractivity contribution in [1.29, 1.82) is 0 Å². The summed E-state index contributed by atoms with van der Waals surface area (Å²) in [6.07, 6.45) is 26.9. The molecule has 3 aliphatic heterocycles. The molecule has 20 nitrogen and oxygen atoms in total. The average molecular weight is 1520 g/mol. The van der Waals surface area contributed by atoms with Gasteiger partial charge >= 0.3 is 18.3 Å². The number of aromatic nitrogens is 3. The zero-order chi connectivity index (χ0) is 75.8. The number of carbonyl (C=O) groups excluding carboxylic acids is 4. The smallest absolute Gasteiger partial charge is 0.407 e. The number of ether oxygens (including phenoxy) is 3. The van der Waals surface area contributed by atoms with Crippen molar-refractivity contribution in [1.82, 2.24) is 45.2 Å². The van der Waals surface area contributed by atoms with Gasteiger partial charge in [-0.25, -0.2) is 53.4 Å². The Morgan fingerprint density at radius 2 is 0.889 bits per heavy atom. The lowest BCUT2D eigenvalue weighted by atomic mass is 9.58. The minimum absolute atomic E-state index is 0.000537. The van der Waals surface area contributed by atoms with Crippen molar-refractivity contribution < 1.29 is 63.4 Å². The highest BCUT2D eigenvalue weighted by Gasteiger charge is 2.56. The summed E-state index contributed by atoms with van der Waals surface area (Å²) in [5, 5.41) is 11.6. The minimum atomic E-state index is -3.34. The number of rotatable bonds is 15. The molecule has 9 fully saturated rings. The topological polar surface area (TPSA) is 266 Å². The molecule has 9 aliphatic rings. The van der Waals surface area contributed by atoms with Crippen LogP contribution in [0.4, 0.5) is 27.6 Å². The first-order valence-electron chi connectivity index (χ1n) is 38.3. The summed E-state index contributed by atoms with van der Waals surface area (Å²) in [5.41, 5.74) is 7.30. The van der Waals surface area contributed by atoms with Crippen molar-refractivity contribution in [2.24, 2.45) is 76.9 Å². The highest BCUT2D eigenvalue weighted by molar-refractivity contribution is 7.90. The molecular formula is C83H98F3N9O11S2. The Balaban J connectivity index is 0.000000143. The fourth-order valence-electron chi connectivity index (χ4n) is 19.4. The number of sulfonamides is 2. The fourth-order valence-corrected chi connectivity index (χ4v) is 23.1. The number of benzene rings is 3. The number of nitrogens with one attached hydrogen (secondary N) is 5. The van der Waals surface area contributed by atoms with Crippen LogP contribution in [0.25, 0.3) is 51.6 Å². The van der Waals surface area contributed by atoms with Crippen LogP contribution in [-0.4, -0.2) is 135 Å². The third-order valence-electron chi connectivity index (χ3n) is 24.4. The molecule has 25 heteroatoms. The first kappa shape index (κ1) is 77.4. The number of halogens is 3. The van der Waals surface area contributed by atoms with Crippen molar-refractivity contribution in [2.45, 2.75) is 127 Å². The zero-order valence-corrected chi connectivity index (χ0v) is 63.1. The summed E-state index contributed by atoms with van der Waals surface area (Å²) in [4.78, 5) is 62.1. The summed E-state index contributed by atoms with van der Waals surface area (Å²) >= 11 is 0. The summed E-state index contributed by atoms with van der Waals surface area (Å²) in [6, 6.07) is 31.0. The van der Waals surface area contributed by atoms with E-state index in [-0.39, 0.29) is 107 Å². The van der Waals surface area contributed by atoms with E-state index >= 15 is 0 Å². The molecule has 3 aromatic carbocycles. The number of fused-ring (bicyclic) bond motifs is 6. The summed E-state index contributed by atoms with van der Waals surface area (Å²) in [5.74, 6) is 2.45. The van der Waals surface area contributed by atoms with E-state index in [1.807, 2.05) is 66.7 Å². The molecular weight excluding hydrogens is 1420 g/mol. The third kappa shape index (κ3) is 18.2. The number of alkyl carbamates (subject to hydrolysis) is 3. The number of carbonyl (C=O) groups is 4. The Kier molecular flexibility index (Phi) is 24.7. The van der Waals surface area contributed by atoms with Crippen LogP contribution in [0.15, 0.2) is 146 Å². The maximum Gasteiger partial charge on any atom is 0.407 e. The maximum atomic E-state index is 13.6. The van der Waals surface area contributed by atoms with E-state index < -0.39 is 31.4 Å². The fraction of sp³-hybridized carbons (Fsp3) is 0.482. The van der Waals surface area contributed by atoms with Gasteiger partial charge in [-0.15, -0.1) is 0 Å². The molecule has 3 saturated heterocycles. The molecule has 108 heavy (non-hydrogen) atoms. The van der Waals surface area contributed by atoms with Gasteiger partial charge in [0.15, 0.2) is 0 Å². The predicted molar refractivity (Wildman–Crippen MR) is 408 cm³/mol. The normalized spacial score (nSPS) is 30.6. The molecule has 5 N–H and O–H groups in total. The number of hydrogen-bond donors (Lipinski definition) is 5. The van der Waals surface area contributed by atoms with Crippen LogP contribution < -0.4 is 26.0 Å². The van der Waals surface area contributed by atoms with E-state index in [0.29, 0.717) is 68.3 Å². The van der Waals surface area contributed by atoms with Gasteiger partial charge in [0.05, 0.1) is 47.9 Å². The molecule has 6 aliphatic carbocycles. The van der Waals surface area contributed by atoms with Crippen molar-refractivity contribution in [3.8, 4) is 33.4 Å². The van der Waals surface area contributed by atoms with Gasteiger partial charge in [-0.05, 0) is 258 Å². The lowest BCUT2D eigenvalue weighted by Crippen LogP contribution is -2.50. The van der Waals surface area contributed by atoms with E-state index in [0.717, 1.165) is 128 Å².